The molecule has 28 bridgehead atoms. The molecule has 0 amide bonds. The van der Waals surface area contributed by atoms with Gasteiger partial charge in [0.15, 0.2) is 0 Å². The Kier molecular flexibility index (Phi) is 19.1. The minimum atomic E-state index is -1.14. The van der Waals surface area contributed by atoms with Gasteiger partial charge in [-0.1, -0.05) is 197 Å². The van der Waals surface area contributed by atoms with Crippen LogP contribution in [0.15, 0.2) is 309 Å². The van der Waals surface area contributed by atoms with E-state index in [4.69, 9.17) is 56.8 Å². The molecule has 0 unspecified atom stereocenters. The minimum Gasteiger partial charge on any atom is -0.457 e. The predicted molar refractivity (Wildman–Crippen MR) is 458 cm³/mol. The fourth-order valence-electron chi connectivity index (χ4n) is 17.5. The van der Waals surface area contributed by atoms with Gasteiger partial charge in [-0.2, -0.15) is 0 Å². The van der Waals surface area contributed by atoms with E-state index in [0.29, 0.717) is 166 Å². The smallest absolute Gasteiger partial charge is 0.267 e. The second-order valence-corrected chi connectivity index (χ2v) is 34.2. The lowest BCUT2D eigenvalue weighted by molar-refractivity contribution is -0.0122. The van der Waals surface area contributed by atoms with Gasteiger partial charge in [0.1, 0.15) is 92.0 Å². The Morgan fingerprint density at radius 1 is 0.190 bits per heavy atom. The first-order valence-electron chi connectivity index (χ1n) is 39.3. The number of hydrogen-bond acceptors (Lipinski definition) is 12. The van der Waals surface area contributed by atoms with Crippen molar-refractivity contribution in [3.8, 4) is 92.0 Å². The molecule has 0 atom stereocenters. The summed E-state index contributed by atoms with van der Waals surface area (Å²) in [6.45, 7) is 0. The standard InChI is InChI=1S/C100H72Br4O12/c101-65-35-61-39-73(43-65)105-69-23-13-24-70(47-69)106-74-40-62(36-66(102)44-74)98-110-90-53-89-81-49-82(90)78(32-28-58-17-7-2-8-18-58)87-52-88-80(34-30-60-21-11-4-12-22-60)84-50-83-79(33-29-59-19-9-3-10-20-59)86-51-85(77(81)31-27-57-15-5-1-6-16-57)93(113-97(61)109-89)55-94(86)114-99-63-37-67(103)45-75(41-63)107-71-25-14-26-72(48-71)108-76-42-64(38-68(104)46-76)100(112-92(84)54-91(83)111-99)116-96(88)56-95(87)115-98/h1-26,35-56,77-80,97-100H,27-34H2. The van der Waals surface area contributed by atoms with Crippen LogP contribution in [0.4, 0.5) is 0 Å². The fraction of sp³-hybridized carbons (Fsp3) is 0.160. The highest BCUT2D eigenvalue weighted by Crippen LogP contribution is 2.59. The Bertz CT molecular complexity index is 5430. The van der Waals surface area contributed by atoms with E-state index < -0.39 is 48.8 Å². The van der Waals surface area contributed by atoms with Gasteiger partial charge in [0.2, 0.25) is 0 Å². The van der Waals surface area contributed by atoms with Crippen molar-refractivity contribution < 1.29 is 56.8 Å². The maximum Gasteiger partial charge on any atom is 0.267 e. The Balaban J connectivity index is 0.918. The summed E-state index contributed by atoms with van der Waals surface area (Å²) in [4.78, 5) is 0. The number of benzene rings is 14. The quantitative estimate of drug-likeness (QED) is 0.116. The number of fused-ring (bicyclic) bond motifs is 20. The summed E-state index contributed by atoms with van der Waals surface area (Å²) in [6.07, 6.45) is 0.699. The maximum absolute atomic E-state index is 7.86. The van der Waals surface area contributed by atoms with Crippen LogP contribution in [0.3, 0.4) is 0 Å². The number of rotatable bonds is 12. The monoisotopic (exact) mass is 1780 g/mol. The van der Waals surface area contributed by atoms with Crippen molar-refractivity contribution in [3.63, 3.8) is 0 Å². The van der Waals surface area contributed by atoms with Crippen LogP contribution in [-0.2, 0) is 25.7 Å². The van der Waals surface area contributed by atoms with Crippen molar-refractivity contribution in [2.45, 2.75) is 100 Å². The molecule has 6 heterocycles. The highest BCUT2D eigenvalue weighted by molar-refractivity contribution is 9.11. The van der Waals surface area contributed by atoms with Crippen LogP contribution in [0.2, 0.25) is 0 Å². The van der Waals surface area contributed by atoms with Crippen LogP contribution in [0.25, 0.3) is 0 Å². The van der Waals surface area contributed by atoms with E-state index in [1.165, 1.54) is 22.3 Å². The van der Waals surface area contributed by atoms with Crippen LogP contribution in [0.5, 0.6) is 92.0 Å². The van der Waals surface area contributed by atoms with Crippen LogP contribution in [-0.4, -0.2) is 0 Å². The summed E-state index contributed by atoms with van der Waals surface area (Å²) >= 11 is 15.8. The summed E-state index contributed by atoms with van der Waals surface area (Å²) in [6, 6.07) is 100.0. The SMILES string of the molecule is Brc1cc2cc(c1)C1Oc3cc4c5cc3C(CCc3ccccc3)c3cc6c(cc3O1)OC1Oc3cc7c(cc3C6CCc3ccccc3)C(CCc3ccccc3)c3cc(c(cc3OC(O7)c3cc(Br)cc(c3)Oc3cccc(c3)Oc3cc(Br)cc1c3)OC(O4)c1cc(Br)cc(c1)Oc1cccc(c1)O2)C5CCc1ccccc1. The van der Waals surface area contributed by atoms with Gasteiger partial charge in [-0.15, -0.1) is 0 Å². The van der Waals surface area contributed by atoms with E-state index in [9.17, 15) is 0 Å². The van der Waals surface area contributed by atoms with E-state index in [1.54, 1.807) is 0 Å². The molecule has 0 radical (unpaired) electrons. The lowest BCUT2D eigenvalue weighted by Crippen LogP contribution is -2.26. The molecule has 1 aliphatic carbocycles. The molecule has 0 saturated heterocycles. The maximum atomic E-state index is 7.86. The number of halogens is 4. The van der Waals surface area contributed by atoms with Crippen LogP contribution in [0, 0.1) is 0 Å². The molecule has 21 rings (SSSR count). The highest BCUT2D eigenvalue weighted by atomic mass is 79.9. The summed E-state index contributed by atoms with van der Waals surface area (Å²) in [5.74, 6) is 7.06. The van der Waals surface area contributed by atoms with Crippen molar-refractivity contribution in [2.75, 3.05) is 0 Å². The molecule has 572 valence electrons. The second-order valence-electron chi connectivity index (χ2n) is 30.5. The number of aryl methyl sites for hydroxylation is 4. The number of ether oxygens (including phenoxy) is 12. The summed E-state index contributed by atoms with van der Waals surface area (Å²) in [5, 5.41) is 0. The Hall–Kier alpha value is -11.4. The molecule has 7 aliphatic rings. The van der Waals surface area contributed by atoms with Gasteiger partial charge in [-0.25, -0.2) is 0 Å². The first-order valence-corrected chi connectivity index (χ1v) is 42.4. The lowest BCUT2D eigenvalue weighted by atomic mass is 9.75. The van der Waals surface area contributed by atoms with Gasteiger partial charge >= 0.3 is 0 Å². The zero-order valence-corrected chi connectivity index (χ0v) is 68.7. The van der Waals surface area contributed by atoms with Crippen molar-refractivity contribution in [2.24, 2.45) is 0 Å². The molecule has 0 saturated carbocycles. The van der Waals surface area contributed by atoms with Crippen molar-refractivity contribution in [1.82, 2.24) is 0 Å². The fourth-order valence-corrected chi connectivity index (χ4v) is 19.5. The molecule has 12 nitrogen and oxygen atoms in total. The Morgan fingerprint density at radius 2 is 0.397 bits per heavy atom. The van der Waals surface area contributed by atoms with Crippen molar-refractivity contribution >= 4 is 63.7 Å². The molecule has 0 aromatic heterocycles. The first-order chi connectivity index (χ1) is 56.9. The molecular weight excluding hydrogens is 1710 g/mol. The molecular formula is C100H72Br4O12. The molecule has 0 fully saturated rings. The van der Waals surface area contributed by atoms with Gasteiger partial charge in [-0.05, 0) is 195 Å². The zero-order valence-electron chi connectivity index (χ0n) is 62.4. The molecule has 116 heavy (non-hydrogen) atoms. The Morgan fingerprint density at radius 3 is 0.603 bits per heavy atom. The van der Waals surface area contributed by atoms with E-state index in [0.717, 1.165) is 62.4 Å². The zero-order chi connectivity index (χ0) is 77.5. The summed E-state index contributed by atoms with van der Waals surface area (Å²) in [5.41, 5.74) is 14.9. The molecule has 0 spiro atoms. The van der Waals surface area contributed by atoms with Gasteiger partial charge in [0, 0.05) is 145 Å². The minimum absolute atomic E-state index is 0.416. The topological polar surface area (TPSA) is 111 Å². The Labute approximate surface area is 705 Å². The van der Waals surface area contributed by atoms with Crippen LogP contribution in [0.1, 0.15) is 164 Å². The van der Waals surface area contributed by atoms with Crippen molar-refractivity contribution in [3.05, 3.63) is 398 Å². The van der Waals surface area contributed by atoms with Crippen LogP contribution < -0.4 is 56.8 Å². The third-order valence-corrected chi connectivity index (χ3v) is 24.8. The van der Waals surface area contributed by atoms with E-state index in [2.05, 4.69) is 234 Å². The third kappa shape index (κ3) is 14.7. The first kappa shape index (κ1) is 72.3. The van der Waals surface area contributed by atoms with Crippen LogP contribution >= 0.6 is 63.7 Å². The predicted octanol–water partition coefficient (Wildman–Crippen LogP) is 27.8. The average molecular weight is 1790 g/mol. The molecule has 14 aromatic rings. The van der Waals surface area contributed by atoms with Gasteiger partial charge in [0.25, 0.3) is 25.2 Å². The average Bonchev–Trinajstić information content (AvgIpc) is 0.729. The summed E-state index contributed by atoms with van der Waals surface area (Å²) in [7, 11) is 0. The largest absolute Gasteiger partial charge is 0.457 e. The molecule has 6 aliphatic heterocycles. The second kappa shape index (κ2) is 30.7. The number of hydrogen-bond donors (Lipinski definition) is 0. The summed E-state index contributed by atoms with van der Waals surface area (Å²) < 4.78 is 93.3. The van der Waals surface area contributed by atoms with E-state index >= 15 is 0 Å². The third-order valence-electron chi connectivity index (χ3n) is 22.9. The lowest BCUT2D eigenvalue weighted by Gasteiger charge is -2.38. The van der Waals surface area contributed by atoms with E-state index in [-0.39, 0.29) is 0 Å². The van der Waals surface area contributed by atoms with Gasteiger partial charge in [0.05, 0.1) is 0 Å². The van der Waals surface area contributed by atoms with E-state index in [1.807, 2.05) is 121 Å². The highest BCUT2D eigenvalue weighted by Gasteiger charge is 2.42. The van der Waals surface area contributed by atoms with Gasteiger partial charge in [-0.3, -0.25) is 0 Å². The normalized spacial score (nSPS) is 18.9. The molecule has 0 N–H and O–H groups in total. The van der Waals surface area contributed by atoms with Crippen molar-refractivity contribution in [1.29, 1.82) is 0 Å². The molecule has 16 heteroatoms. The molecule has 14 aromatic carbocycles. The van der Waals surface area contributed by atoms with Gasteiger partial charge < -0.3 is 56.8 Å².